The molecule has 0 heterocycles. The van der Waals surface area contributed by atoms with Crippen molar-refractivity contribution in [3.05, 3.63) is 29.6 Å². The lowest BCUT2D eigenvalue weighted by molar-refractivity contribution is 0.431. The predicted octanol–water partition coefficient (Wildman–Crippen LogP) is 3.43. The Morgan fingerprint density at radius 2 is 2.15 bits per heavy atom. The van der Waals surface area contributed by atoms with E-state index >= 15 is 0 Å². The number of hydrogen-bond donors (Lipinski definition) is 1. The van der Waals surface area contributed by atoms with Gasteiger partial charge in [-0.2, -0.15) is 0 Å². The summed E-state index contributed by atoms with van der Waals surface area (Å²) in [5.74, 6) is -0.437. The van der Waals surface area contributed by atoms with Gasteiger partial charge in [-0.15, -0.1) is 0 Å². The van der Waals surface area contributed by atoms with E-state index in [1.165, 1.54) is 12.1 Å². The Hall–Kier alpha value is -1.05. The summed E-state index contributed by atoms with van der Waals surface area (Å²) in [5, 5.41) is 8.98. The lowest BCUT2D eigenvalue weighted by atomic mass is 9.96. The molecule has 1 atom stereocenters. The zero-order chi connectivity index (χ0) is 9.84. The molecule has 0 aliphatic carbocycles. The quantitative estimate of drug-likeness (QED) is 0.759. The number of phenolic OH excluding ortho intramolecular Hbond substituents is 1. The third-order valence-corrected chi connectivity index (χ3v) is 2.26. The van der Waals surface area contributed by atoms with Crippen LogP contribution in [0, 0.1) is 5.82 Å². The van der Waals surface area contributed by atoms with Crippen LogP contribution in [-0.4, -0.2) is 5.11 Å². The van der Waals surface area contributed by atoms with E-state index in [9.17, 15) is 4.39 Å². The van der Waals surface area contributed by atoms with Crippen molar-refractivity contribution >= 4 is 0 Å². The van der Waals surface area contributed by atoms with Gasteiger partial charge in [-0.1, -0.05) is 26.3 Å². The second-order valence-corrected chi connectivity index (χ2v) is 3.40. The summed E-state index contributed by atoms with van der Waals surface area (Å²) in [5.41, 5.74) is 0.956. The third kappa shape index (κ3) is 2.44. The first-order chi connectivity index (χ1) is 6.15. The maximum atomic E-state index is 12.9. The predicted molar refractivity (Wildman–Crippen MR) is 51.4 cm³/mol. The maximum Gasteiger partial charge on any atom is 0.165 e. The first-order valence-electron chi connectivity index (χ1n) is 4.63. The fraction of sp³-hybridized carbons (Fsp3) is 0.455. The normalized spacial score (nSPS) is 12.8. The van der Waals surface area contributed by atoms with Gasteiger partial charge in [0.15, 0.2) is 11.6 Å². The average Bonchev–Trinajstić information content (AvgIpc) is 2.10. The van der Waals surface area contributed by atoms with E-state index in [0.717, 1.165) is 18.4 Å². The summed E-state index contributed by atoms with van der Waals surface area (Å²) in [6.07, 6.45) is 2.13. The Bertz CT molecular complexity index is 283. The Labute approximate surface area is 78.2 Å². The van der Waals surface area contributed by atoms with E-state index in [1.807, 2.05) is 0 Å². The summed E-state index contributed by atoms with van der Waals surface area (Å²) >= 11 is 0. The maximum absolute atomic E-state index is 12.9. The number of hydrogen-bond acceptors (Lipinski definition) is 1. The minimum absolute atomic E-state index is 0.271. The molecule has 0 saturated carbocycles. The van der Waals surface area contributed by atoms with Crippen molar-refractivity contribution in [1.29, 1.82) is 0 Å². The Morgan fingerprint density at radius 3 is 2.69 bits per heavy atom. The molecule has 0 spiro atoms. The minimum atomic E-state index is -0.527. The number of halogens is 1. The van der Waals surface area contributed by atoms with E-state index in [4.69, 9.17) is 5.11 Å². The molecule has 72 valence electrons. The molecule has 1 aromatic carbocycles. The monoisotopic (exact) mass is 182 g/mol. The van der Waals surface area contributed by atoms with E-state index in [2.05, 4.69) is 13.8 Å². The summed E-state index contributed by atoms with van der Waals surface area (Å²) in [6.45, 7) is 4.17. The molecule has 0 aliphatic heterocycles. The highest BCUT2D eigenvalue weighted by atomic mass is 19.1. The van der Waals surface area contributed by atoms with E-state index in [0.29, 0.717) is 5.92 Å². The molecule has 0 amide bonds. The number of rotatable bonds is 3. The molecule has 1 nitrogen and oxygen atoms in total. The van der Waals surface area contributed by atoms with Gasteiger partial charge in [-0.05, 0) is 30.0 Å². The fourth-order valence-electron chi connectivity index (χ4n) is 1.43. The molecule has 2 heteroatoms. The lowest BCUT2D eigenvalue weighted by Gasteiger charge is -2.10. The van der Waals surface area contributed by atoms with Gasteiger partial charge in [-0.3, -0.25) is 0 Å². The average molecular weight is 182 g/mol. The fourth-order valence-corrected chi connectivity index (χ4v) is 1.43. The number of aromatic hydroxyl groups is 1. The van der Waals surface area contributed by atoms with Crippen molar-refractivity contribution in [2.45, 2.75) is 32.6 Å². The van der Waals surface area contributed by atoms with Gasteiger partial charge in [0.05, 0.1) is 0 Å². The summed E-state index contributed by atoms with van der Waals surface area (Å²) in [4.78, 5) is 0. The largest absolute Gasteiger partial charge is 0.505 e. The highest BCUT2D eigenvalue weighted by Crippen LogP contribution is 2.24. The molecular formula is C11H15FO. The molecule has 1 rings (SSSR count). The Kier molecular flexibility index (Phi) is 3.29. The standard InChI is InChI=1S/C11H15FO/c1-3-4-8(2)9-5-6-11(13)10(12)7-9/h5-8,13H,3-4H2,1-2H3. The van der Waals surface area contributed by atoms with Crippen LogP contribution in [0.4, 0.5) is 4.39 Å². The highest BCUT2D eigenvalue weighted by molar-refractivity contribution is 5.29. The highest BCUT2D eigenvalue weighted by Gasteiger charge is 2.07. The number of benzene rings is 1. The van der Waals surface area contributed by atoms with Gasteiger partial charge in [0, 0.05) is 0 Å². The molecule has 1 unspecified atom stereocenters. The second kappa shape index (κ2) is 4.26. The van der Waals surface area contributed by atoms with E-state index in [1.54, 1.807) is 6.07 Å². The van der Waals surface area contributed by atoms with Crippen molar-refractivity contribution in [1.82, 2.24) is 0 Å². The van der Waals surface area contributed by atoms with Crippen LogP contribution in [-0.2, 0) is 0 Å². The van der Waals surface area contributed by atoms with Crippen LogP contribution in [0.3, 0.4) is 0 Å². The van der Waals surface area contributed by atoms with Crippen molar-refractivity contribution in [2.24, 2.45) is 0 Å². The summed E-state index contributed by atoms with van der Waals surface area (Å²) < 4.78 is 12.9. The first kappa shape index (κ1) is 10.0. The molecule has 1 aromatic rings. The zero-order valence-corrected chi connectivity index (χ0v) is 8.05. The summed E-state index contributed by atoms with van der Waals surface area (Å²) in [7, 11) is 0. The van der Waals surface area contributed by atoms with Crippen molar-refractivity contribution in [3.8, 4) is 5.75 Å². The lowest BCUT2D eigenvalue weighted by Crippen LogP contribution is -1.93. The van der Waals surface area contributed by atoms with Gasteiger partial charge in [0.2, 0.25) is 0 Å². The second-order valence-electron chi connectivity index (χ2n) is 3.40. The SMILES string of the molecule is CCCC(C)c1ccc(O)c(F)c1. The van der Waals surface area contributed by atoms with Gasteiger partial charge >= 0.3 is 0 Å². The molecular weight excluding hydrogens is 167 g/mol. The van der Waals surface area contributed by atoms with Crippen LogP contribution in [0.2, 0.25) is 0 Å². The van der Waals surface area contributed by atoms with Crippen LogP contribution in [0.25, 0.3) is 0 Å². The van der Waals surface area contributed by atoms with Gasteiger partial charge in [0.25, 0.3) is 0 Å². The molecule has 0 aromatic heterocycles. The van der Waals surface area contributed by atoms with Crippen LogP contribution in [0.5, 0.6) is 5.75 Å². The molecule has 0 aliphatic rings. The van der Waals surface area contributed by atoms with Crippen molar-refractivity contribution in [3.63, 3.8) is 0 Å². The summed E-state index contributed by atoms with van der Waals surface area (Å²) in [6, 6.07) is 4.60. The van der Waals surface area contributed by atoms with Gasteiger partial charge < -0.3 is 5.11 Å². The molecule has 13 heavy (non-hydrogen) atoms. The van der Waals surface area contributed by atoms with Gasteiger partial charge in [-0.25, -0.2) is 4.39 Å². The van der Waals surface area contributed by atoms with Crippen LogP contribution in [0.1, 0.15) is 38.2 Å². The van der Waals surface area contributed by atoms with Crippen molar-refractivity contribution in [2.75, 3.05) is 0 Å². The first-order valence-corrected chi connectivity index (χ1v) is 4.63. The van der Waals surface area contributed by atoms with E-state index in [-0.39, 0.29) is 5.75 Å². The smallest absolute Gasteiger partial charge is 0.165 e. The molecule has 1 N–H and O–H groups in total. The molecule has 0 saturated heterocycles. The zero-order valence-electron chi connectivity index (χ0n) is 8.05. The van der Waals surface area contributed by atoms with Crippen molar-refractivity contribution < 1.29 is 9.50 Å². The third-order valence-electron chi connectivity index (χ3n) is 2.26. The van der Waals surface area contributed by atoms with Crippen LogP contribution >= 0.6 is 0 Å². The molecule has 0 fully saturated rings. The topological polar surface area (TPSA) is 20.2 Å². The van der Waals surface area contributed by atoms with E-state index < -0.39 is 5.82 Å². The Balaban J connectivity index is 2.84. The minimum Gasteiger partial charge on any atom is -0.505 e. The Morgan fingerprint density at radius 1 is 1.46 bits per heavy atom. The number of phenols is 1. The van der Waals surface area contributed by atoms with Crippen LogP contribution < -0.4 is 0 Å². The van der Waals surface area contributed by atoms with Crippen LogP contribution in [0.15, 0.2) is 18.2 Å². The molecule has 0 bridgehead atoms. The molecule has 0 radical (unpaired) electrons. The van der Waals surface area contributed by atoms with Gasteiger partial charge in [0.1, 0.15) is 0 Å².